The van der Waals surface area contributed by atoms with Crippen LogP contribution in [0.25, 0.3) is 0 Å². The quantitative estimate of drug-likeness (QED) is 0.123. The number of esters is 1. The van der Waals surface area contributed by atoms with E-state index < -0.39 is 33.8 Å². The van der Waals surface area contributed by atoms with E-state index in [1.165, 1.54) is 30.1 Å². The average Bonchev–Trinajstić information content (AvgIpc) is 2.71. The highest BCUT2D eigenvalue weighted by Gasteiger charge is 2.27. The molecule has 0 aromatic heterocycles. The van der Waals surface area contributed by atoms with Crippen molar-refractivity contribution in [3.63, 3.8) is 0 Å². The number of ether oxygens (including phenoxy) is 1. The smallest absolute Gasteiger partial charge is 0.329 e. The molecule has 1 atom stereocenters. The lowest BCUT2D eigenvalue weighted by Crippen LogP contribution is -2.45. The fraction of sp³-hybridized carbons (Fsp3) is 0.556. The van der Waals surface area contributed by atoms with Crippen molar-refractivity contribution in [1.82, 2.24) is 5.32 Å². The van der Waals surface area contributed by atoms with Gasteiger partial charge in [0, 0.05) is 6.08 Å². The maximum absolute atomic E-state index is 12.3. The first kappa shape index (κ1) is 30.6. The van der Waals surface area contributed by atoms with Crippen LogP contribution < -0.4 is 5.32 Å². The fourth-order valence-corrected chi connectivity index (χ4v) is 4.54. The minimum Gasteiger partial charge on any atom is -0.464 e. The first-order valence-corrected chi connectivity index (χ1v) is 13.7. The Kier molecular flexibility index (Phi) is 12.4. The van der Waals surface area contributed by atoms with Gasteiger partial charge in [-0.25, -0.2) is 4.79 Å². The van der Waals surface area contributed by atoms with E-state index in [2.05, 4.69) is 38.2 Å². The maximum atomic E-state index is 12.3. The second-order valence-electron chi connectivity index (χ2n) is 9.75. The molecule has 0 unspecified atom stereocenters. The van der Waals surface area contributed by atoms with Gasteiger partial charge in [0.05, 0.1) is 6.61 Å². The van der Waals surface area contributed by atoms with Crippen molar-refractivity contribution in [3.05, 3.63) is 58.7 Å². The lowest BCUT2D eigenvalue weighted by molar-refractivity contribution is -0.147. The first-order chi connectivity index (χ1) is 16.2. The Bertz CT molecular complexity index is 1010. The summed E-state index contributed by atoms with van der Waals surface area (Å²) in [5.74, 6) is -2.51. The van der Waals surface area contributed by atoms with Crippen LogP contribution in [0.4, 0.5) is 0 Å². The molecule has 0 fully saturated rings. The van der Waals surface area contributed by atoms with Gasteiger partial charge in [0.1, 0.15) is 11.8 Å². The minimum absolute atomic E-state index is 0.110. The zero-order valence-electron chi connectivity index (χ0n) is 21.9. The number of carbonyl (C=O) groups excluding carboxylic acids is 2. The molecular formula is C27H41NO6S. The van der Waals surface area contributed by atoms with Crippen LogP contribution in [-0.4, -0.2) is 43.2 Å². The predicted octanol–water partition coefficient (Wildman–Crippen LogP) is 5.23. The SMILES string of the molecule is CCCCOC(=O)[C@H](CS(=O)(=O)O)NC(=O)/C=C(C)/C=C/C=C(C)/C=C/C1=C(C)CCCC1(C)C. The molecule has 0 aromatic rings. The summed E-state index contributed by atoms with van der Waals surface area (Å²) >= 11 is 0. The highest BCUT2D eigenvalue weighted by molar-refractivity contribution is 7.85. The molecule has 1 amide bonds. The van der Waals surface area contributed by atoms with E-state index in [1.807, 2.05) is 26.0 Å². The highest BCUT2D eigenvalue weighted by Crippen LogP contribution is 2.40. The van der Waals surface area contributed by atoms with Crippen LogP contribution in [0.15, 0.2) is 58.7 Å². The van der Waals surface area contributed by atoms with Gasteiger partial charge in [-0.05, 0) is 63.0 Å². The zero-order chi connectivity index (χ0) is 26.6. The molecule has 0 radical (unpaired) electrons. The second kappa shape index (κ2) is 14.2. The summed E-state index contributed by atoms with van der Waals surface area (Å²) in [5, 5.41) is 2.30. The Morgan fingerprint density at radius 1 is 1.20 bits per heavy atom. The van der Waals surface area contributed by atoms with Crippen LogP contribution >= 0.6 is 0 Å². The molecule has 0 saturated heterocycles. The Morgan fingerprint density at radius 2 is 1.89 bits per heavy atom. The van der Waals surface area contributed by atoms with Crippen molar-refractivity contribution >= 4 is 22.0 Å². The third-order valence-corrected chi connectivity index (χ3v) is 6.61. The summed E-state index contributed by atoms with van der Waals surface area (Å²) in [5.41, 5.74) is 4.67. The van der Waals surface area contributed by atoms with Crippen LogP contribution in [0, 0.1) is 5.41 Å². The van der Waals surface area contributed by atoms with Crippen molar-refractivity contribution < 1.29 is 27.3 Å². The van der Waals surface area contributed by atoms with Crippen molar-refractivity contribution in [2.75, 3.05) is 12.4 Å². The zero-order valence-corrected chi connectivity index (χ0v) is 22.7. The van der Waals surface area contributed by atoms with E-state index in [1.54, 1.807) is 13.0 Å². The van der Waals surface area contributed by atoms with E-state index in [4.69, 9.17) is 9.29 Å². The maximum Gasteiger partial charge on any atom is 0.329 e. The summed E-state index contributed by atoms with van der Waals surface area (Å²) in [6.45, 7) is 12.5. The average molecular weight is 508 g/mol. The molecule has 2 N–H and O–H groups in total. The molecule has 196 valence electrons. The predicted molar refractivity (Wildman–Crippen MR) is 140 cm³/mol. The van der Waals surface area contributed by atoms with Crippen LogP contribution in [0.5, 0.6) is 0 Å². The van der Waals surface area contributed by atoms with Gasteiger partial charge >= 0.3 is 5.97 Å². The molecule has 0 aliphatic heterocycles. The van der Waals surface area contributed by atoms with Gasteiger partial charge in [0.15, 0.2) is 0 Å². The Hall–Kier alpha value is -2.45. The third kappa shape index (κ3) is 12.2. The molecule has 35 heavy (non-hydrogen) atoms. The molecule has 0 heterocycles. The van der Waals surface area contributed by atoms with Gasteiger partial charge in [0.2, 0.25) is 5.91 Å². The van der Waals surface area contributed by atoms with Crippen LogP contribution in [0.1, 0.15) is 73.6 Å². The standard InChI is InChI=1S/C27H41NO6S/c1-7-8-17-34-26(30)24(19-35(31,32)33)28-25(29)18-21(3)12-9-11-20(2)14-15-23-22(4)13-10-16-27(23,5)6/h9,11-12,14-15,18,24H,7-8,10,13,16-17,19H2,1-6H3,(H,28,29)(H,31,32,33)/b12-9+,15-14+,20-11+,21-18+/t24-/m0/s1. The van der Waals surface area contributed by atoms with Crippen LogP contribution in [0.2, 0.25) is 0 Å². The van der Waals surface area contributed by atoms with E-state index in [0.717, 1.165) is 18.4 Å². The summed E-state index contributed by atoms with van der Waals surface area (Å²) in [6.07, 6.45) is 16.0. The van der Waals surface area contributed by atoms with E-state index >= 15 is 0 Å². The van der Waals surface area contributed by atoms with Gasteiger partial charge in [-0.1, -0.05) is 68.7 Å². The molecule has 0 aromatic carbocycles. The van der Waals surface area contributed by atoms with Gasteiger partial charge in [0.25, 0.3) is 10.1 Å². The number of hydrogen-bond donors (Lipinski definition) is 2. The number of carbonyl (C=O) groups is 2. The molecule has 1 aliphatic carbocycles. The van der Waals surface area contributed by atoms with Crippen LogP contribution in [0.3, 0.4) is 0 Å². The van der Waals surface area contributed by atoms with E-state index in [0.29, 0.717) is 12.0 Å². The monoisotopic (exact) mass is 507 g/mol. The molecule has 0 saturated carbocycles. The van der Waals surface area contributed by atoms with Crippen molar-refractivity contribution in [3.8, 4) is 0 Å². The van der Waals surface area contributed by atoms with E-state index in [-0.39, 0.29) is 12.0 Å². The van der Waals surface area contributed by atoms with Crippen molar-refractivity contribution in [2.24, 2.45) is 5.41 Å². The Morgan fingerprint density at radius 3 is 2.49 bits per heavy atom. The molecule has 0 bridgehead atoms. The molecule has 8 heteroatoms. The summed E-state index contributed by atoms with van der Waals surface area (Å²) in [6, 6.07) is -1.49. The summed E-state index contributed by atoms with van der Waals surface area (Å²) in [4.78, 5) is 24.4. The van der Waals surface area contributed by atoms with Gasteiger partial charge in [-0.2, -0.15) is 8.42 Å². The van der Waals surface area contributed by atoms with Gasteiger partial charge < -0.3 is 10.1 Å². The Labute approximate surface area is 210 Å². The minimum atomic E-state index is -4.49. The van der Waals surface area contributed by atoms with Crippen LogP contribution in [-0.2, 0) is 24.4 Å². The first-order valence-electron chi connectivity index (χ1n) is 12.1. The molecule has 7 nitrogen and oxygen atoms in total. The van der Waals surface area contributed by atoms with E-state index in [9.17, 15) is 18.0 Å². The summed E-state index contributed by atoms with van der Waals surface area (Å²) < 4.78 is 36.6. The lowest BCUT2D eigenvalue weighted by atomic mass is 9.72. The van der Waals surface area contributed by atoms with Crippen molar-refractivity contribution in [2.45, 2.75) is 79.7 Å². The topological polar surface area (TPSA) is 110 Å². The number of allylic oxidation sites excluding steroid dienone is 9. The normalized spacial score (nSPS) is 18.3. The third-order valence-electron chi connectivity index (χ3n) is 5.85. The lowest BCUT2D eigenvalue weighted by Gasteiger charge is -2.32. The number of hydrogen-bond acceptors (Lipinski definition) is 5. The van der Waals surface area contributed by atoms with Crippen molar-refractivity contribution in [1.29, 1.82) is 0 Å². The molecular weight excluding hydrogens is 466 g/mol. The molecule has 0 spiro atoms. The fourth-order valence-electron chi connectivity index (χ4n) is 3.90. The highest BCUT2D eigenvalue weighted by atomic mass is 32.2. The van der Waals surface area contributed by atoms with Gasteiger partial charge in [-0.3, -0.25) is 9.35 Å². The molecule has 1 rings (SSSR count). The molecule has 1 aliphatic rings. The largest absolute Gasteiger partial charge is 0.464 e. The number of amides is 1. The number of nitrogens with one attached hydrogen (secondary N) is 1. The van der Waals surface area contributed by atoms with Gasteiger partial charge in [-0.15, -0.1) is 0 Å². The Balaban J connectivity index is 2.80. The number of rotatable bonds is 12. The summed E-state index contributed by atoms with van der Waals surface area (Å²) in [7, 11) is -4.49. The number of unbranched alkanes of at least 4 members (excludes halogenated alkanes) is 1. The second-order valence-corrected chi connectivity index (χ2v) is 11.3.